The molecule has 2 heterocycles. The molecule has 7 nitrogen and oxygen atoms in total. The van der Waals surface area contributed by atoms with Gasteiger partial charge in [-0.25, -0.2) is 0 Å². The summed E-state index contributed by atoms with van der Waals surface area (Å²) >= 11 is 0. The van der Waals surface area contributed by atoms with Crippen LogP contribution in [0, 0.1) is 5.92 Å². The van der Waals surface area contributed by atoms with Crippen LogP contribution >= 0.6 is 0 Å². The Kier molecular flexibility index (Phi) is 4.89. The van der Waals surface area contributed by atoms with Gasteiger partial charge in [-0.05, 0) is 19.2 Å². The highest BCUT2D eigenvalue weighted by molar-refractivity contribution is 5.98. The third-order valence-corrected chi connectivity index (χ3v) is 4.43. The minimum absolute atomic E-state index is 0.0452. The van der Waals surface area contributed by atoms with E-state index in [2.05, 4.69) is 10.2 Å². The maximum atomic E-state index is 13.0. The molecule has 1 atom stereocenters. The minimum atomic E-state index is -0.247. The van der Waals surface area contributed by atoms with Gasteiger partial charge in [-0.3, -0.25) is 9.59 Å². The molecule has 1 fully saturated rings. The first-order valence-corrected chi connectivity index (χ1v) is 8.18. The van der Waals surface area contributed by atoms with E-state index in [0.717, 1.165) is 6.54 Å². The SMILES string of the molecule is CNC(=O)[C@H]1CN(C)CCN(C(=O)c2cccc3c2OCCO3)C1. The summed E-state index contributed by atoms with van der Waals surface area (Å²) in [7, 11) is 3.59. The fourth-order valence-corrected chi connectivity index (χ4v) is 3.14. The first kappa shape index (κ1) is 16.6. The van der Waals surface area contributed by atoms with Gasteiger partial charge in [0.2, 0.25) is 5.91 Å². The monoisotopic (exact) mass is 333 g/mol. The summed E-state index contributed by atoms with van der Waals surface area (Å²) in [6.45, 7) is 3.25. The first-order valence-electron chi connectivity index (χ1n) is 8.18. The molecule has 0 saturated carbocycles. The fraction of sp³-hybridized carbons (Fsp3) is 0.529. The van der Waals surface area contributed by atoms with Crippen molar-refractivity contribution in [1.82, 2.24) is 15.1 Å². The van der Waals surface area contributed by atoms with Crippen LogP contribution in [0.5, 0.6) is 11.5 Å². The number of hydrogen-bond acceptors (Lipinski definition) is 5. The lowest BCUT2D eigenvalue weighted by Gasteiger charge is -2.26. The summed E-state index contributed by atoms with van der Waals surface area (Å²) in [4.78, 5) is 28.9. The van der Waals surface area contributed by atoms with Crippen LogP contribution in [0.1, 0.15) is 10.4 Å². The average molecular weight is 333 g/mol. The molecule has 0 radical (unpaired) electrons. The van der Waals surface area contributed by atoms with Crippen molar-refractivity contribution in [2.45, 2.75) is 0 Å². The van der Waals surface area contributed by atoms with Crippen LogP contribution < -0.4 is 14.8 Å². The number of hydrogen-bond donors (Lipinski definition) is 1. The molecule has 130 valence electrons. The molecule has 0 aliphatic carbocycles. The Hall–Kier alpha value is -2.28. The van der Waals surface area contributed by atoms with Gasteiger partial charge in [0.05, 0.1) is 11.5 Å². The van der Waals surface area contributed by atoms with Crippen LogP contribution in [0.3, 0.4) is 0 Å². The highest BCUT2D eigenvalue weighted by atomic mass is 16.6. The normalized spacial score (nSPS) is 21.1. The van der Waals surface area contributed by atoms with Crippen molar-refractivity contribution >= 4 is 11.8 Å². The van der Waals surface area contributed by atoms with E-state index in [0.29, 0.717) is 49.9 Å². The number of nitrogens with one attached hydrogen (secondary N) is 1. The standard InChI is InChI=1S/C17H23N3O4/c1-18-16(21)12-10-19(2)6-7-20(11-12)17(22)13-4-3-5-14-15(13)24-9-8-23-14/h3-5,12H,6-11H2,1-2H3,(H,18,21)/t12-/m0/s1. The minimum Gasteiger partial charge on any atom is -0.486 e. The van der Waals surface area contributed by atoms with E-state index in [1.807, 2.05) is 7.05 Å². The third-order valence-electron chi connectivity index (χ3n) is 4.43. The first-order chi connectivity index (χ1) is 11.6. The zero-order valence-electron chi connectivity index (χ0n) is 14.1. The van der Waals surface area contributed by atoms with E-state index in [-0.39, 0.29) is 17.7 Å². The molecule has 0 aromatic heterocycles. The number of benzene rings is 1. The number of carbonyl (C=O) groups is 2. The van der Waals surface area contributed by atoms with Crippen molar-refractivity contribution in [2.24, 2.45) is 5.92 Å². The smallest absolute Gasteiger partial charge is 0.257 e. The number of fused-ring (bicyclic) bond motifs is 1. The molecule has 2 aliphatic rings. The van der Waals surface area contributed by atoms with Gasteiger partial charge in [-0.15, -0.1) is 0 Å². The summed E-state index contributed by atoms with van der Waals surface area (Å²) in [5.74, 6) is 0.686. The largest absolute Gasteiger partial charge is 0.486 e. The predicted octanol–water partition coefficient (Wildman–Crippen LogP) is 0.208. The van der Waals surface area contributed by atoms with Gasteiger partial charge in [-0.1, -0.05) is 6.07 Å². The van der Waals surface area contributed by atoms with Crippen LogP contribution in [-0.2, 0) is 4.79 Å². The van der Waals surface area contributed by atoms with Crippen LogP contribution in [0.15, 0.2) is 18.2 Å². The van der Waals surface area contributed by atoms with Crippen LogP contribution in [-0.4, -0.2) is 75.1 Å². The Bertz CT molecular complexity index is 634. The van der Waals surface area contributed by atoms with Crippen molar-refractivity contribution in [3.63, 3.8) is 0 Å². The number of amides is 2. The Labute approximate surface area is 141 Å². The van der Waals surface area contributed by atoms with E-state index >= 15 is 0 Å². The van der Waals surface area contributed by atoms with Gasteiger partial charge in [-0.2, -0.15) is 0 Å². The van der Waals surface area contributed by atoms with Gasteiger partial charge in [0.25, 0.3) is 5.91 Å². The topological polar surface area (TPSA) is 71.1 Å². The molecule has 0 bridgehead atoms. The van der Waals surface area contributed by atoms with E-state index in [1.54, 1.807) is 30.1 Å². The second kappa shape index (κ2) is 7.09. The van der Waals surface area contributed by atoms with Crippen molar-refractivity contribution < 1.29 is 19.1 Å². The van der Waals surface area contributed by atoms with Gasteiger partial charge in [0.15, 0.2) is 11.5 Å². The van der Waals surface area contributed by atoms with Crippen LogP contribution in [0.2, 0.25) is 0 Å². The molecule has 0 unspecified atom stereocenters. The molecule has 1 aromatic carbocycles. The number of nitrogens with zero attached hydrogens (tertiary/aromatic N) is 2. The van der Waals surface area contributed by atoms with E-state index in [4.69, 9.17) is 9.47 Å². The summed E-state index contributed by atoms with van der Waals surface area (Å²) in [5, 5.41) is 2.68. The maximum absolute atomic E-state index is 13.0. The quantitative estimate of drug-likeness (QED) is 0.838. The highest BCUT2D eigenvalue weighted by Crippen LogP contribution is 2.34. The lowest BCUT2D eigenvalue weighted by Crippen LogP contribution is -2.41. The van der Waals surface area contributed by atoms with Crippen LogP contribution in [0.25, 0.3) is 0 Å². The Morgan fingerprint density at radius 1 is 1.17 bits per heavy atom. The molecule has 1 aromatic rings. The van der Waals surface area contributed by atoms with Crippen molar-refractivity contribution in [1.29, 1.82) is 0 Å². The lowest BCUT2D eigenvalue weighted by atomic mass is 10.1. The Morgan fingerprint density at radius 2 is 1.96 bits per heavy atom. The Morgan fingerprint density at radius 3 is 2.75 bits per heavy atom. The molecule has 1 N–H and O–H groups in total. The van der Waals surface area contributed by atoms with Gasteiger partial charge in [0, 0.05) is 33.2 Å². The predicted molar refractivity (Wildman–Crippen MR) is 88.4 cm³/mol. The summed E-state index contributed by atoms with van der Waals surface area (Å²) in [6, 6.07) is 5.34. The van der Waals surface area contributed by atoms with Crippen molar-refractivity contribution in [3.05, 3.63) is 23.8 Å². The zero-order chi connectivity index (χ0) is 17.1. The second-order valence-electron chi connectivity index (χ2n) is 6.15. The molecule has 7 heteroatoms. The van der Waals surface area contributed by atoms with Crippen molar-refractivity contribution in [2.75, 3.05) is 53.5 Å². The van der Waals surface area contributed by atoms with Gasteiger partial charge in [0.1, 0.15) is 13.2 Å². The average Bonchev–Trinajstić information content (AvgIpc) is 2.81. The van der Waals surface area contributed by atoms with E-state index < -0.39 is 0 Å². The molecule has 1 saturated heterocycles. The van der Waals surface area contributed by atoms with Crippen LogP contribution in [0.4, 0.5) is 0 Å². The Balaban J connectivity index is 1.85. The second-order valence-corrected chi connectivity index (χ2v) is 6.15. The number of rotatable bonds is 2. The molecular formula is C17H23N3O4. The zero-order valence-corrected chi connectivity index (χ0v) is 14.1. The fourth-order valence-electron chi connectivity index (χ4n) is 3.14. The molecule has 3 rings (SSSR count). The number of carbonyl (C=O) groups excluding carboxylic acids is 2. The number of ether oxygens (including phenoxy) is 2. The lowest BCUT2D eigenvalue weighted by molar-refractivity contribution is -0.125. The number of para-hydroxylation sites is 1. The molecule has 0 spiro atoms. The van der Waals surface area contributed by atoms with E-state index in [9.17, 15) is 9.59 Å². The van der Waals surface area contributed by atoms with Gasteiger partial charge < -0.3 is 24.6 Å². The highest BCUT2D eigenvalue weighted by Gasteiger charge is 2.31. The summed E-state index contributed by atoms with van der Waals surface area (Å²) in [6.07, 6.45) is 0. The van der Waals surface area contributed by atoms with E-state index in [1.165, 1.54) is 0 Å². The molecule has 24 heavy (non-hydrogen) atoms. The molecule has 2 amide bonds. The molecular weight excluding hydrogens is 310 g/mol. The van der Waals surface area contributed by atoms with Crippen molar-refractivity contribution in [3.8, 4) is 11.5 Å². The number of likely N-dealkylation sites (N-methyl/N-ethyl adjacent to an activating group) is 1. The molecule has 2 aliphatic heterocycles. The summed E-state index contributed by atoms with van der Waals surface area (Å²) in [5.41, 5.74) is 0.493. The third kappa shape index (κ3) is 3.31. The van der Waals surface area contributed by atoms with Gasteiger partial charge >= 0.3 is 0 Å². The summed E-state index contributed by atoms with van der Waals surface area (Å²) < 4.78 is 11.2. The maximum Gasteiger partial charge on any atom is 0.257 e.